The van der Waals surface area contributed by atoms with Crippen LogP contribution in [0, 0.1) is 0 Å². The number of hydrogen-bond acceptors (Lipinski definition) is 6. The van der Waals surface area contributed by atoms with E-state index in [1.165, 1.54) is 6.42 Å². The fraction of sp³-hybridized carbons (Fsp3) is 0.857. The molecule has 0 aromatic heterocycles. The van der Waals surface area contributed by atoms with Crippen LogP contribution in [0.25, 0.3) is 0 Å². The van der Waals surface area contributed by atoms with Gasteiger partial charge < -0.3 is 20.1 Å². The van der Waals surface area contributed by atoms with Crippen LogP contribution in [-0.4, -0.2) is 75.3 Å². The lowest BCUT2D eigenvalue weighted by molar-refractivity contribution is -0.225. The molecular formula is C14H24N2O6. The van der Waals surface area contributed by atoms with Gasteiger partial charge >= 0.3 is 11.9 Å². The average molecular weight is 316 g/mol. The summed E-state index contributed by atoms with van der Waals surface area (Å²) < 4.78 is 5.50. The minimum atomic E-state index is -2.07. The van der Waals surface area contributed by atoms with Crippen LogP contribution in [0.4, 0.5) is 0 Å². The summed E-state index contributed by atoms with van der Waals surface area (Å²) in [5, 5.41) is 31.7. The number of carboxylic acids is 2. The summed E-state index contributed by atoms with van der Waals surface area (Å²) in [6, 6.07) is 0. The van der Waals surface area contributed by atoms with Gasteiger partial charge in [-0.2, -0.15) is 0 Å². The van der Waals surface area contributed by atoms with Crippen LogP contribution in [-0.2, 0) is 14.3 Å². The van der Waals surface area contributed by atoms with Crippen LogP contribution >= 0.6 is 0 Å². The number of aliphatic hydroxyl groups excluding tert-OH is 1. The molecule has 3 atom stereocenters. The van der Waals surface area contributed by atoms with Crippen molar-refractivity contribution in [1.82, 2.24) is 10.0 Å². The summed E-state index contributed by atoms with van der Waals surface area (Å²) in [5.74, 6) is -3.05. The maximum atomic E-state index is 11.2. The maximum Gasteiger partial charge on any atom is 0.336 e. The number of rotatable bonds is 6. The molecule has 3 N–H and O–H groups in total. The van der Waals surface area contributed by atoms with Crippen molar-refractivity contribution < 1.29 is 29.6 Å². The average Bonchev–Trinajstić information content (AvgIpc) is 2.52. The van der Waals surface area contributed by atoms with Gasteiger partial charge in [0.15, 0.2) is 12.2 Å². The number of carbonyl (C=O) groups is 2. The molecule has 0 radical (unpaired) electrons. The normalized spacial score (nSPS) is 27.2. The Balaban J connectivity index is 2.05. The maximum absolute atomic E-state index is 11.2. The van der Waals surface area contributed by atoms with Crippen LogP contribution in [0.1, 0.15) is 38.5 Å². The van der Waals surface area contributed by atoms with Gasteiger partial charge in [0.25, 0.3) is 0 Å². The van der Waals surface area contributed by atoms with Crippen molar-refractivity contribution in [3.05, 3.63) is 0 Å². The third-order valence-corrected chi connectivity index (χ3v) is 4.20. The van der Waals surface area contributed by atoms with Crippen LogP contribution in [0.3, 0.4) is 0 Å². The van der Waals surface area contributed by atoms with Crippen molar-refractivity contribution in [2.75, 3.05) is 19.6 Å². The first kappa shape index (κ1) is 17.1. The number of aliphatic carboxylic acids is 2. The van der Waals surface area contributed by atoms with Gasteiger partial charge in [-0.05, 0) is 32.1 Å². The number of hydrogen-bond donors (Lipinski definition) is 3. The summed E-state index contributed by atoms with van der Waals surface area (Å²) in [6.45, 7) is 2.57. The van der Waals surface area contributed by atoms with Gasteiger partial charge in [0, 0.05) is 19.6 Å². The third-order valence-electron chi connectivity index (χ3n) is 4.20. The predicted octanol–water partition coefficient (Wildman–Crippen LogP) is 0.115. The number of ether oxygens (including phenoxy) is 1. The monoisotopic (exact) mass is 316 g/mol. The summed E-state index contributed by atoms with van der Waals surface area (Å²) in [6.07, 6.45) is 1.56. The molecule has 0 aromatic carbocycles. The van der Waals surface area contributed by atoms with Crippen molar-refractivity contribution in [3.8, 4) is 0 Å². The lowest BCUT2D eigenvalue weighted by Crippen LogP contribution is -2.56. The smallest absolute Gasteiger partial charge is 0.336 e. The highest BCUT2D eigenvalue weighted by molar-refractivity contribution is 5.83. The van der Waals surface area contributed by atoms with Gasteiger partial charge in [-0.15, -0.1) is 0 Å². The number of aliphatic hydroxyl groups is 1. The van der Waals surface area contributed by atoms with Gasteiger partial charge in [0.1, 0.15) is 6.23 Å². The van der Waals surface area contributed by atoms with E-state index in [2.05, 4.69) is 5.01 Å². The lowest BCUT2D eigenvalue weighted by atomic mass is 10.1. The topological polar surface area (TPSA) is 111 Å². The molecule has 0 spiro atoms. The van der Waals surface area contributed by atoms with Crippen molar-refractivity contribution in [2.24, 2.45) is 0 Å². The molecule has 2 rings (SSSR count). The number of piperidine rings is 2. The van der Waals surface area contributed by atoms with Crippen LogP contribution in [0.5, 0.6) is 0 Å². The van der Waals surface area contributed by atoms with Gasteiger partial charge in [-0.3, -0.25) is 0 Å². The molecule has 1 unspecified atom stereocenters. The van der Waals surface area contributed by atoms with E-state index in [0.29, 0.717) is 6.42 Å². The lowest BCUT2D eigenvalue weighted by Gasteiger charge is -2.45. The number of carboxylic acid groups (broad SMARTS) is 2. The first-order valence-corrected chi connectivity index (χ1v) is 7.81. The van der Waals surface area contributed by atoms with Crippen LogP contribution < -0.4 is 0 Å². The molecule has 2 heterocycles. The summed E-state index contributed by atoms with van der Waals surface area (Å²) >= 11 is 0. The van der Waals surface area contributed by atoms with E-state index < -0.39 is 30.4 Å². The van der Waals surface area contributed by atoms with E-state index in [0.717, 1.165) is 45.3 Å². The molecule has 8 nitrogen and oxygen atoms in total. The Bertz CT molecular complexity index is 399. The highest BCUT2D eigenvalue weighted by Crippen LogP contribution is 2.24. The number of hydrazine groups is 1. The molecule has 2 aliphatic heterocycles. The zero-order valence-corrected chi connectivity index (χ0v) is 12.6. The molecule has 2 saturated heterocycles. The Hall–Kier alpha value is -1.22. The third kappa shape index (κ3) is 4.16. The minimum absolute atomic E-state index is 0.498. The highest BCUT2D eigenvalue weighted by Gasteiger charge is 2.38. The molecule has 126 valence electrons. The molecule has 0 bridgehead atoms. The zero-order valence-electron chi connectivity index (χ0n) is 12.6. The van der Waals surface area contributed by atoms with Crippen LogP contribution in [0.2, 0.25) is 0 Å². The first-order valence-electron chi connectivity index (χ1n) is 7.81. The van der Waals surface area contributed by atoms with Crippen LogP contribution in [0.15, 0.2) is 0 Å². The summed E-state index contributed by atoms with van der Waals surface area (Å²) in [5.41, 5.74) is 0. The summed E-state index contributed by atoms with van der Waals surface area (Å²) in [7, 11) is 0. The van der Waals surface area contributed by atoms with E-state index in [9.17, 15) is 14.7 Å². The van der Waals surface area contributed by atoms with Crippen molar-refractivity contribution >= 4 is 11.9 Å². The Morgan fingerprint density at radius 3 is 2.18 bits per heavy atom. The molecule has 0 amide bonds. The molecule has 8 heteroatoms. The molecule has 0 aliphatic carbocycles. The second-order valence-electron chi connectivity index (χ2n) is 5.81. The first-order chi connectivity index (χ1) is 10.5. The van der Waals surface area contributed by atoms with E-state index in [1.807, 2.05) is 5.01 Å². The SMILES string of the molecule is O=C(O)[C@H](O)[C@@H](OC1CCCCN1N1CCCCC1)C(=O)O. The number of nitrogens with zero attached hydrogens (tertiary/aromatic N) is 2. The fourth-order valence-electron chi connectivity index (χ4n) is 3.05. The van der Waals surface area contributed by atoms with Crippen molar-refractivity contribution in [1.29, 1.82) is 0 Å². The Morgan fingerprint density at radius 2 is 1.59 bits per heavy atom. The Kier molecular flexibility index (Phi) is 6.13. The fourth-order valence-corrected chi connectivity index (χ4v) is 3.05. The highest BCUT2D eigenvalue weighted by atomic mass is 16.6. The quantitative estimate of drug-likeness (QED) is 0.633. The van der Waals surface area contributed by atoms with Gasteiger partial charge in [-0.25, -0.2) is 19.6 Å². The van der Waals surface area contributed by atoms with Crippen molar-refractivity contribution in [3.63, 3.8) is 0 Å². The molecule has 2 fully saturated rings. The molecule has 22 heavy (non-hydrogen) atoms. The van der Waals surface area contributed by atoms with Gasteiger partial charge in [-0.1, -0.05) is 6.42 Å². The molecule has 0 aromatic rings. The van der Waals surface area contributed by atoms with E-state index in [-0.39, 0.29) is 0 Å². The molecule has 2 aliphatic rings. The Morgan fingerprint density at radius 1 is 0.955 bits per heavy atom. The van der Waals surface area contributed by atoms with E-state index >= 15 is 0 Å². The van der Waals surface area contributed by atoms with Gasteiger partial charge in [0.05, 0.1) is 0 Å². The van der Waals surface area contributed by atoms with E-state index in [1.54, 1.807) is 0 Å². The van der Waals surface area contributed by atoms with Crippen molar-refractivity contribution in [2.45, 2.75) is 57.0 Å². The minimum Gasteiger partial charge on any atom is -0.479 e. The van der Waals surface area contributed by atoms with E-state index in [4.69, 9.17) is 14.9 Å². The molecular weight excluding hydrogens is 292 g/mol. The second kappa shape index (κ2) is 7.87. The zero-order chi connectivity index (χ0) is 16.1. The predicted molar refractivity (Wildman–Crippen MR) is 75.9 cm³/mol. The standard InChI is InChI=1S/C14H24N2O6/c17-11(13(18)19)12(14(20)21)22-10-6-2-5-9-16(10)15-7-3-1-4-8-15/h10-12,17H,1-9H2,(H,18,19)(H,20,21)/t10?,11-,12-/m1/s1. The second-order valence-corrected chi connectivity index (χ2v) is 5.81. The summed E-state index contributed by atoms with van der Waals surface area (Å²) in [4.78, 5) is 22.1. The molecule has 0 saturated carbocycles. The van der Waals surface area contributed by atoms with Gasteiger partial charge in [0.2, 0.25) is 0 Å². The largest absolute Gasteiger partial charge is 0.479 e. The Labute approximate surface area is 129 Å².